The van der Waals surface area contributed by atoms with Crippen molar-refractivity contribution in [1.82, 2.24) is 10.2 Å². The van der Waals surface area contributed by atoms with Crippen LogP contribution in [-0.2, 0) is 4.79 Å². The molecule has 0 spiro atoms. The van der Waals surface area contributed by atoms with Crippen LogP contribution in [0.5, 0.6) is 0 Å². The lowest BCUT2D eigenvalue weighted by Crippen LogP contribution is -1.97. The molecule has 1 aromatic heterocycles. The number of rotatable bonds is 4. The van der Waals surface area contributed by atoms with E-state index in [1.54, 1.807) is 18.2 Å². The van der Waals surface area contributed by atoms with Crippen molar-refractivity contribution in [3.05, 3.63) is 28.2 Å². The second kappa shape index (κ2) is 5.60. The molecule has 0 amide bonds. The molecular weight excluding hydrogens is 299 g/mol. The van der Waals surface area contributed by atoms with Gasteiger partial charge in [0.15, 0.2) is 0 Å². The average Bonchev–Trinajstić information content (AvgIpc) is 2.78. The van der Waals surface area contributed by atoms with Crippen LogP contribution in [0.3, 0.4) is 0 Å². The van der Waals surface area contributed by atoms with Crippen molar-refractivity contribution in [1.29, 1.82) is 0 Å². The molecular formula is C10H6Cl2N2O3S. The number of carboxylic acids is 1. The van der Waals surface area contributed by atoms with Gasteiger partial charge in [-0.3, -0.25) is 4.79 Å². The van der Waals surface area contributed by atoms with Crippen LogP contribution in [0.1, 0.15) is 0 Å². The minimum absolute atomic E-state index is 0.148. The summed E-state index contributed by atoms with van der Waals surface area (Å²) in [5.74, 6) is -0.902. The Bertz CT molecular complexity index is 588. The van der Waals surface area contributed by atoms with E-state index in [9.17, 15) is 4.79 Å². The summed E-state index contributed by atoms with van der Waals surface area (Å²) in [7, 11) is 0. The Morgan fingerprint density at radius 3 is 2.89 bits per heavy atom. The fourth-order valence-corrected chi connectivity index (χ4v) is 2.02. The molecule has 2 rings (SSSR count). The summed E-state index contributed by atoms with van der Waals surface area (Å²) >= 11 is 12.8. The molecule has 0 bridgehead atoms. The molecule has 0 atom stereocenters. The molecule has 0 saturated heterocycles. The first-order chi connectivity index (χ1) is 8.56. The van der Waals surface area contributed by atoms with Gasteiger partial charge in [-0.1, -0.05) is 35.0 Å². The topological polar surface area (TPSA) is 76.2 Å². The first-order valence-electron chi connectivity index (χ1n) is 4.70. The maximum Gasteiger partial charge on any atom is 0.314 e. The zero-order valence-electron chi connectivity index (χ0n) is 8.76. The average molecular weight is 305 g/mol. The standard InChI is InChI=1S/C10H6Cl2N2O3S/c11-5-1-2-7(12)6(3-5)9-13-14-10(17-9)18-4-8(15)16/h1-3H,4H2,(H,15,16). The lowest BCUT2D eigenvalue weighted by atomic mass is 10.2. The van der Waals surface area contributed by atoms with Crippen LogP contribution in [0, 0.1) is 0 Å². The first-order valence-corrected chi connectivity index (χ1v) is 6.44. The molecule has 0 unspecified atom stereocenters. The Morgan fingerprint density at radius 1 is 1.39 bits per heavy atom. The van der Waals surface area contributed by atoms with Gasteiger partial charge in [0.1, 0.15) is 5.75 Å². The van der Waals surface area contributed by atoms with E-state index in [4.69, 9.17) is 32.7 Å². The highest BCUT2D eigenvalue weighted by Crippen LogP contribution is 2.31. The summed E-state index contributed by atoms with van der Waals surface area (Å²) in [4.78, 5) is 10.4. The number of hydrogen-bond donors (Lipinski definition) is 1. The monoisotopic (exact) mass is 304 g/mol. The van der Waals surface area contributed by atoms with Crippen molar-refractivity contribution in [2.45, 2.75) is 5.22 Å². The summed E-state index contributed by atoms with van der Waals surface area (Å²) in [6.45, 7) is 0. The van der Waals surface area contributed by atoms with Gasteiger partial charge < -0.3 is 9.52 Å². The Balaban J connectivity index is 2.23. The predicted octanol–water partition coefficient (Wildman–Crippen LogP) is 3.22. The van der Waals surface area contributed by atoms with Crippen molar-refractivity contribution < 1.29 is 14.3 Å². The molecule has 0 fully saturated rings. The lowest BCUT2D eigenvalue weighted by Gasteiger charge is -1.98. The van der Waals surface area contributed by atoms with Gasteiger partial charge in [0.2, 0.25) is 5.89 Å². The number of carboxylic acid groups (broad SMARTS) is 1. The van der Waals surface area contributed by atoms with Crippen LogP contribution < -0.4 is 0 Å². The van der Waals surface area contributed by atoms with E-state index in [1.165, 1.54) is 0 Å². The third kappa shape index (κ3) is 3.16. The minimum atomic E-state index is -0.958. The second-order valence-electron chi connectivity index (χ2n) is 3.18. The van der Waals surface area contributed by atoms with Crippen LogP contribution in [-0.4, -0.2) is 27.0 Å². The molecule has 1 heterocycles. The second-order valence-corrected chi connectivity index (χ2v) is 4.95. The Kier molecular flexibility index (Phi) is 4.11. The van der Waals surface area contributed by atoms with Crippen molar-refractivity contribution in [2.75, 3.05) is 5.75 Å². The summed E-state index contributed by atoms with van der Waals surface area (Å²) in [6, 6.07) is 4.86. The molecule has 1 N–H and O–H groups in total. The highest BCUT2D eigenvalue weighted by molar-refractivity contribution is 7.99. The molecule has 5 nitrogen and oxygen atoms in total. The van der Waals surface area contributed by atoms with Gasteiger partial charge in [-0.25, -0.2) is 0 Å². The van der Waals surface area contributed by atoms with E-state index in [1.807, 2.05) is 0 Å². The quantitative estimate of drug-likeness (QED) is 0.874. The smallest absolute Gasteiger partial charge is 0.314 e. The van der Waals surface area contributed by atoms with E-state index >= 15 is 0 Å². The van der Waals surface area contributed by atoms with E-state index in [0.29, 0.717) is 15.6 Å². The van der Waals surface area contributed by atoms with Gasteiger partial charge in [-0.2, -0.15) is 0 Å². The molecule has 0 aliphatic carbocycles. The van der Waals surface area contributed by atoms with Gasteiger partial charge in [0.05, 0.1) is 10.6 Å². The van der Waals surface area contributed by atoms with E-state index < -0.39 is 5.97 Å². The van der Waals surface area contributed by atoms with Crippen LogP contribution in [0.2, 0.25) is 10.0 Å². The van der Waals surface area contributed by atoms with Crippen molar-refractivity contribution in [2.24, 2.45) is 0 Å². The highest BCUT2D eigenvalue weighted by atomic mass is 35.5. The molecule has 18 heavy (non-hydrogen) atoms. The number of nitrogens with zero attached hydrogens (tertiary/aromatic N) is 2. The van der Waals surface area contributed by atoms with Crippen molar-refractivity contribution in [3.8, 4) is 11.5 Å². The van der Waals surface area contributed by atoms with Gasteiger partial charge >= 0.3 is 5.97 Å². The normalized spacial score (nSPS) is 10.6. The van der Waals surface area contributed by atoms with Gasteiger partial charge in [0, 0.05) is 5.02 Å². The summed E-state index contributed by atoms with van der Waals surface area (Å²) < 4.78 is 5.29. The predicted molar refractivity (Wildman–Crippen MR) is 68.1 cm³/mol. The number of aliphatic carboxylic acids is 1. The Morgan fingerprint density at radius 2 is 2.17 bits per heavy atom. The molecule has 0 radical (unpaired) electrons. The molecule has 0 aliphatic rings. The van der Waals surface area contributed by atoms with Gasteiger partial charge in [-0.15, -0.1) is 10.2 Å². The van der Waals surface area contributed by atoms with Gasteiger partial charge in [-0.05, 0) is 18.2 Å². The molecule has 0 saturated carbocycles. The van der Waals surface area contributed by atoms with Crippen LogP contribution in [0.15, 0.2) is 27.8 Å². The third-order valence-electron chi connectivity index (χ3n) is 1.88. The van der Waals surface area contributed by atoms with Crippen LogP contribution in [0.4, 0.5) is 0 Å². The molecule has 94 valence electrons. The maximum absolute atomic E-state index is 10.4. The Hall–Kier alpha value is -1.24. The SMILES string of the molecule is O=C(O)CSc1nnc(-c2cc(Cl)ccc2Cl)o1. The number of hydrogen-bond acceptors (Lipinski definition) is 5. The number of benzene rings is 1. The molecule has 2 aromatic rings. The van der Waals surface area contributed by atoms with E-state index in [0.717, 1.165) is 11.8 Å². The zero-order valence-corrected chi connectivity index (χ0v) is 11.1. The minimum Gasteiger partial charge on any atom is -0.481 e. The summed E-state index contributed by atoms with van der Waals surface area (Å²) in [5, 5.41) is 17.1. The van der Waals surface area contributed by atoms with E-state index in [2.05, 4.69) is 10.2 Å². The number of halogens is 2. The molecule has 0 aliphatic heterocycles. The number of thioether (sulfide) groups is 1. The van der Waals surface area contributed by atoms with Crippen LogP contribution in [0.25, 0.3) is 11.5 Å². The summed E-state index contributed by atoms with van der Waals surface area (Å²) in [6.07, 6.45) is 0. The number of carbonyl (C=O) groups is 1. The third-order valence-corrected chi connectivity index (χ3v) is 3.25. The molecule has 8 heteroatoms. The van der Waals surface area contributed by atoms with Crippen molar-refractivity contribution in [3.63, 3.8) is 0 Å². The maximum atomic E-state index is 10.4. The Labute approximate surface area is 116 Å². The van der Waals surface area contributed by atoms with Crippen molar-refractivity contribution >= 4 is 40.9 Å². The lowest BCUT2D eigenvalue weighted by molar-refractivity contribution is -0.133. The first kappa shape index (κ1) is 13.2. The fraction of sp³-hybridized carbons (Fsp3) is 0.100. The zero-order chi connectivity index (χ0) is 13.1. The largest absolute Gasteiger partial charge is 0.481 e. The highest BCUT2D eigenvalue weighted by Gasteiger charge is 2.13. The van der Waals surface area contributed by atoms with Gasteiger partial charge in [0.25, 0.3) is 5.22 Å². The van der Waals surface area contributed by atoms with E-state index in [-0.39, 0.29) is 16.9 Å². The molecule has 1 aromatic carbocycles. The fourth-order valence-electron chi connectivity index (χ4n) is 1.16. The van der Waals surface area contributed by atoms with Crippen LogP contribution >= 0.6 is 35.0 Å². The summed E-state index contributed by atoms with van der Waals surface area (Å²) in [5.41, 5.74) is 0.513. The number of aromatic nitrogens is 2.